The Kier molecular flexibility index (Phi) is 9.59. The van der Waals surface area contributed by atoms with Crippen LogP contribution >= 0.6 is 0 Å². The third-order valence-corrected chi connectivity index (χ3v) is 11.5. The summed E-state index contributed by atoms with van der Waals surface area (Å²) in [6.07, 6.45) is 4.40. The van der Waals surface area contributed by atoms with Crippen molar-refractivity contribution in [2.24, 2.45) is 4.99 Å². The normalized spacial score (nSPS) is 17.7. The van der Waals surface area contributed by atoms with Gasteiger partial charge in [0.05, 0.1) is 11.7 Å². The summed E-state index contributed by atoms with van der Waals surface area (Å²) in [5.41, 5.74) is 12.9. The number of ether oxygens (including phenoxy) is 2. The Morgan fingerprint density at radius 3 is 2.33 bits per heavy atom. The quantitative estimate of drug-likeness (QED) is 0.161. The summed E-state index contributed by atoms with van der Waals surface area (Å²) in [6.45, 7) is 20.3. The molecule has 7 heteroatoms. The van der Waals surface area contributed by atoms with Gasteiger partial charge in [-0.25, -0.2) is 4.98 Å². The molecule has 290 valence electrons. The van der Waals surface area contributed by atoms with Gasteiger partial charge in [0.15, 0.2) is 0 Å². The third kappa shape index (κ3) is 6.90. The molecule has 2 aliphatic heterocycles. The minimum absolute atomic E-state index is 0. The van der Waals surface area contributed by atoms with Crippen molar-refractivity contribution in [2.45, 2.75) is 97.1 Å². The molecule has 6 aromatic rings. The van der Waals surface area contributed by atoms with Crippen LogP contribution in [0.5, 0.6) is 11.5 Å². The van der Waals surface area contributed by atoms with Crippen molar-refractivity contribution in [3.05, 3.63) is 160 Å². The topological polar surface area (TPSA) is 59.8 Å². The van der Waals surface area contributed by atoms with Crippen molar-refractivity contribution >= 4 is 23.1 Å². The summed E-state index contributed by atoms with van der Waals surface area (Å²) in [7, 11) is 0. The Morgan fingerprint density at radius 1 is 0.789 bits per heavy atom. The average molecular weight is 932 g/mol. The Balaban J connectivity index is 0.00000455. The van der Waals surface area contributed by atoms with Crippen LogP contribution in [0.2, 0.25) is 0 Å². The summed E-state index contributed by atoms with van der Waals surface area (Å²) >= 11 is 0. The smallest absolute Gasteiger partial charge is 0.510 e. The predicted octanol–water partition coefficient (Wildman–Crippen LogP) is 12.0. The van der Waals surface area contributed by atoms with Crippen LogP contribution in [0, 0.1) is 19.1 Å². The number of aryl methyl sites for hydroxylation is 1. The van der Waals surface area contributed by atoms with E-state index in [4.69, 9.17) is 19.5 Å². The molecule has 9 rings (SSSR count). The van der Waals surface area contributed by atoms with Crippen molar-refractivity contribution in [2.75, 3.05) is 4.90 Å². The van der Waals surface area contributed by atoms with Crippen molar-refractivity contribution in [3.63, 3.8) is 0 Å². The van der Waals surface area contributed by atoms with Crippen molar-refractivity contribution < 1.29 is 30.5 Å². The molecular formula is C50H48N4O2Pt. The van der Waals surface area contributed by atoms with Gasteiger partial charge >= 0.3 is 21.1 Å². The number of hydrogen-bond acceptors (Lipinski definition) is 6. The van der Waals surface area contributed by atoms with Crippen molar-refractivity contribution in [3.8, 4) is 22.8 Å². The fourth-order valence-corrected chi connectivity index (χ4v) is 8.63. The van der Waals surface area contributed by atoms with Gasteiger partial charge in [0, 0.05) is 40.6 Å². The van der Waals surface area contributed by atoms with E-state index in [0.717, 1.165) is 51.6 Å². The largest absolute Gasteiger partial charge is 2.00 e. The van der Waals surface area contributed by atoms with Gasteiger partial charge in [-0.2, -0.15) is 5.56 Å². The zero-order valence-corrected chi connectivity index (χ0v) is 36.4. The molecule has 0 bridgehead atoms. The number of benzene rings is 4. The maximum absolute atomic E-state index is 6.74. The summed E-state index contributed by atoms with van der Waals surface area (Å²) in [5.74, 6) is 2.58. The van der Waals surface area contributed by atoms with Gasteiger partial charge < -0.3 is 14.4 Å². The number of anilines is 3. The molecule has 4 aromatic carbocycles. The van der Waals surface area contributed by atoms with Gasteiger partial charge in [-0.15, -0.1) is 24.3 Å². The Morgan fingerprint density at radius 2 is 1.58 bits per heavy atom. The number of aliphatic imine (C=N–C) groups is 1. The Bertz CT molecular complexity index is 2550. The summed E-state index contributed by atoms with van der Waals surface area (Å²) < 4.78 is 13.5. The van der Waals surface area contributed by atoms with E-state index >= 15 is 0 Å². The van der Waals surface area contributed by atoms with E-state index in [-0.39, 0.29) is 49.5 Å². The van der Waals surface area contributed by atoms with Gasteiger partial charge in [0.25, 0.3) is 0 Å². The molecule has 0 amide bonds. The van der Waals surface area contributed by atoms with Crippen LogP contribution in [0.1, 0.15) is 106 Å². The Hall–Kier alpha value is -5.06. The number of nitrogens with zero attached hydrogens (tertiary/aromatic N) is 4. The monoisotopic (exact) mass is 931 g/mol. The first kappa shape index (κ1) is 38.8. The van der Waals surface area contributed by atoms with Crippen molar-refractivity contribution in [1.29, 1.82) is 0 Å². The van der Waals surface area contributed by atoms with Crippen LogP contribution in [0.3, 0.4) is 0 Å². The second-order valence-corrected chi connectivity index (χ2v) is 18.1. The van der Waals surface area contributed by atoms with Crippen LogP contribution in [-0.4, -0.2) is 21.9 Å². The van der Waals surface area contributed by atoms with Gasteiger partial charge in [-0.1, -0.05) is 134 Å². The molecule has 0 saturated carbocycles. The first-order valence-corrected chi connectivity index (χ1v) is 19.6. The number of aromatic nitrogens is 2. The van der Waals surface area contributed by atoms with E-state index < -0.39 is 0 Å². The number of pyridine rings is 2. The van der Waals surface area contributed by atoms with Gasteiger partial charge in [0.2, 0.25) is 0 Å². The summed E-state index contributed by atoms with van der Waals surface area (Å²) in [4.78, 5) is 17.0. The van der Waals surface area contributed by atoms with Gasteiger partial charge in [-0.05, 0) is 69.3 Å². The standard InChI is InChI=1S/C50H48N4O2.Pt/c1-30-22-34(54-44-19-18-33(48(2,3)4)27-41(44)50(8,9)40-16-13-21-52-46(40)54)28-35(23-30)55-36-25-31(42-17-10-11-20-51-42)24-32(26-36)47-53-43-29-38-37(45(43)56-47)14-12-15-39(38)49(5,6)7;/h10-25,27,43,45H,29H2,1-9H3;/q-2;+2/t43-,45+;/m1./s1. The maximum atomic E-state index is 6.74. The molecule has 0 spiro atoms. The molecule has 6 nitrogen and oxygen atoms in total. The molecule has 0 saturated heterocycles. The molecule has 0 unspecified atom stereocenters. The van der Waals surface area contributed by atoms with E-state index in [1.807, 2.05) is 48.7 Å². The maximum Gasteiger partial charge on any atom is 2.00 e. The number of fused-ring (bicyclic) bond motifs is 5. The molecule has 3 aliphatic rings. The predicted molar refractivity (Wildman–Crippen MR) is 225 cm³/mol. The van der Waals surface area contributed by atoms with Gasteiger partial charge in [-0.3, -0.25) is 9.98 Å². The molecule has 4 heterocycles. The minimum Gasteiger partial charge on any atom is -0.510 e. The Labute approximate surface area is 351 Å². The summed E-state index contributed by atoms with van der Waals surface area (Å²) in [5, 5.41) is 0. The van der Waals surface area contributed by atoms with Crippen LogP contribution in [0.15, 0.2) is 108 Å². The molecule has 0 radical (unpaired) electrons. The van der Waals surface area contributed by atoms with E-state index in [1.165, 1.54) is 27.8 Å². The zero-order chi connectivity index (χ0) is 39.1. The minimum atomic E-state index is -0.252. The van der Waals surface area contributed by atoms with Crippen molar-refractivity contribution in [1.82, 2.24) is 9.97 Å². The average Bonchev–Trinajstić information content (AvgIpc) is 3.73. The van der Waals surface area contributed by atoms with Crippen LogP contribution in [-0.2, 0) is 48.5 Å². The number of rotatable bonds is 5. The van der Waals surface area contributed by atoms with Crippen LogP contribution < -0.4 is 9.64 Å². The first-order valence-electron chi connectivity index (χ1n) is 19.6. The van der Waals surface area contributed by atoms with Crippen LogP contribution in [0.25, 0.3) is 11.3 Å². The molecule has 0 fully saturated rings. The molecule has 57 heavy (non-hydrogen) atoms. The van der Waals surface area contributed by atoms with E-state index in [0.29, 0.717) is 17.4 Å². The van der Waals surface area contributed by atoms with E-state index in [1.54, 1.807) is 6.20 Å². The third-order valence-electron chi connectivity index (χ3n) is 11.5. The second-order valence-electron chi connectivity index (χ2n) is 18.1. The van der Waals surface area contributed by atoms with E-state index in [2.05, 4.69) is 133 Å². The zero-order valence-electron chi connectivity index (χ0n) is 34.1. The fraction of sp³-hybridized carbons (Fsp3) is 0.300. The molecule has 2 aromatic heterocycles. The molecule has 2 atom stereocenters. The molecule has 1 aliphatic carbocycles. The van der Waals surface area contributed by atoms with E-state index in [9.17, 15) is 0 Å². The summed E-state index contributed by atoms with van der Waals surface area (Å²) in [6, 6.07) is 38.9. The van der Waals surface area contributed by atoms with Gasteiger partial charge in [0.1, 0.15) is 17.8 Å². The number of hydrogen-bond donors (Lipinski definition) is 0. The fourth-order valence-electron chi connectivity index (χ4n) is 8.63. The molecule has 0 N–H and O–H groups in total. The first-order chi connectivity index (χ1) is 26.6. The second kappa shape index (κ2) is 14.1. The SMILES string of the molecule is Cc1cc(Oc2[c-]c(C3=N[C@@H]4Cc5c(cccc5C(C)(C)C)[C@@H]4O3)cc(-c3ccccn3)c2)[c-]c(N2c3ccc(C(C)(C)C)cc3C(C)(C)c3cccnc32)c1.[Pt+2]. The molecular weight excluding hydrogens is 884 g/mol. The van der Waals surface area contributed by atoms with Crippen LogP contribution in [0.4, 0.5) is 17.2 Å².